The first kappa shape index (κ1) is 11.1. The maximum absolute atomic E-state index is 6.18. The first-order valence-electron chi connectivity index (χ1n) is 5.10. The van der Waals surface area contributed by atoms with Crippen molar-refractivity contribution in [3.63, 3.8) is 0 Å². The van der Waals surface area contributed by atoms with E-state index < -0.39 is 0 Å². The van der Waals surface area contributed by atoms with E-state index in [0.717, 1.165) is 21.7 Å². The topological polar surface area (TPSA) is 38.9 Å². The SMILES string of the molecule is Cc1cc(Cl)ccc1C(N)c1cccnc1. The van der Waals surface area contributed by atoms with E-state index in [2.05, 4.69) is 4.98 Å². The molecule has 0 bridgehead atoms. The van der Waals surface area contributed by atoms with Crippen LogP contribution in [0, 0.1) is 6.92 Å². The van der Waals surface area contributed by atoms with Gasteiger partial charge in [-0.1, -0.05) is 23.7 Å². The van der Waals surface area contributed by atoms with E-state index in [1.54, 1.807) is 12.4 Å². The summed E-state index contributed by atoms with van der Waals surface area (Å²) in [4.78, 5) is 4.07. The molecular weight excluding hydrogens is 220 g/mol. The van der Waals surface area contributed by atoms with Crippen molar-refractivity contribution in [1.82, 2.24) is 4.98 Å². The Kier molecular flexibility index (Phi) is 3.22. The third-order valence-electron chi connectivity index (χ3n) is 2.61. The number of benzene rings is 1. The van der Waals surface area contributed by atoms with Crippen LogP contribution in [0.4, 0.5) is 0 Å². The summed E-state index contributed by atoms with van der Waals surface area (Å²) < 4.78 is 0. The molecular formula is C13H13ClN2. The average Bonchev–Trinajstić information content (AvgIpc) is 2.29. The number of hydrogen-bond acceptors (Lipinski definition) is 2. The van der Waals surface area contributed by atoms with Crippen molar-refractivity contribution in [2.45, 2.75) is 13.0 Å². The van der Waals surface area contributed by atoms with E-state index in [9.17, 15) is 0 Å². The maximum Gasteiger partial charge on any atom is 0.0569 e. The lowest BCUT2D eigenvalue weighted by molar-refractivity contribution is 0.854. The molecule has 0 fully saturated rings. The van der Waals surface area contributed by atoms with Crippen LogP contribution in [0.5, 0.6) is 0 Å². The number of aryl methyl sites for hydroxylation is 1. The van der Waals surface area contributed by atoms with Crippen LogP contribution in [0.2, 0.25) is 5.02 Å². The summed E-state index contributed by atoms with van der Waals surface area (Å²) in [6.07, 6.45) is 3.53. The number of nitrogens with zero attached hydrogens (tertiary/aromatic N) is 1. The molecule has 0 aliphatic carbocycles. The molecule has 1 atom stereocenters. The molecule has 3 heteroatoms. The Bertz CT molecular complexity index is 483. The minimum Gasteiger partial charge on any atom is -0.320 e. The van der Waals surface area contributed by atoms with E-state index in [-0.39, 0.29) is 6.04 Å². The number of pyridine rings is 1. The minimum atomic E-state index is -0.147. The number of hydrogen-bond donors (Lipinski definition) is 1. The van der Waals surface area contributed by atoms with Crippen molar-refractivity contribution >= 4 is 11.6 Å². The van der Waals surface area contributed by atoms with E-state index in [1.165, 1.54) is 0 Å². The molecule has 2 N–H and O–H groups in total. The van der Waals surface area contributed by atoms with Crippen molar-refractivity contribution in [1.29, 1.82) is 0 Å². The normalized spacial score (nSPS) is 12.4. The molecule has 16 heavy (non-hydrogen) atoms. The van der Waals surface area contributed by atoms with Gasteiger partial charge in [0.1, 0.15) is 0 Å². The highest BCUT2D eigenvalue weighted by Crippen LogP contribution is 2.24. The van der Waals surface area contributed by atoms with Gasteiger partial charge in [0, 0.05) is 17.4 Å². The van der Waals surface area contributed by atoms with Gasteiger partial charge in [-0.2, -0.15) is 0 Å². The second-order valence-electron chi connectivity index (χ2n) is 3.76. The number of halogens is 1. The summed E-state index contributed by atoms with van der Waals surface area (Å²) in [5.74, 6) is 0. The van der Waals surface area contributed by atoms with Gasteiger partial charge < -0.3 is 5.73 Å². The molecule has 2 nitrogen and oxygen atoms in total. The van der Waals surface area contributed by atoms with Crippen LogP contribution in [0.25, 0.3) is 0 Å². The summed E-state index contributed by atoms with van der Waals surface area (Å²) in [5.41, 5.74) is 9.37. The zero-order valence-electron chi connectivity index (χ0n) is 9.02. The van der Waals surface area contributed by atoms with E-state index in [0.29, 0.717) is 0 Å². The van der Waals surface area contributed by atoms with Crippen LogP contribution < -0.4 is 5.73 Å². The van der Waals surface area contributed by atoms with Gasteiger partial charge >= 0.3 is 0 Å². The fourth-order valence-electron chi connectivity index (χ4n) is 1.73. The van der Waals surface area contributed by atoms with Gasteiger partial charge in [-0.05, 0) is 41.8 Å². The first-order chi connectivity index (χ1) is 7.68. The molecule has 0 aliphatic heterocycles. The minimum absolute atomic E-state index is 0.147. The molecule has 0 aliphatic rings. The molecule has 82 valence electrons. The lowest BCUT2D eigenvalue weighted by atomic mass is 9.97. The molecule has 0 saturated heterocycles. The van der Waals surface area contributed by atoms with Crippen LogP contribution in [0.15, 0.2) is 42.7 Å². The fourth-order valence-corrected chi connectivity index (χ4v) is 1.95. The monoisotopic (exact) mass is 232 g/mol. The summed E-state index contributed by atoms with van der Waals surface area (Å²) in [5, 5.41) is 0.736. The lowest BCUT2D eigenvalue weighted by Gasteiger charge is -2.14. The average molecular weight is 233 g/mol. The van der Waals surface area contributed by atoms with Crippen molar-refractivity contribution in [3.05, 3.63) is 64.4 Å². The summed E-state index contributed by atoms with van der Waals surface area (Å²) in [6, 6.07) is 9.47. The predicted octanol–water partition coefficient (Wildman–Crippen LogP) is 3.09. The van der Waals surface area contributed by atoms with Crippen molar-refractivity contribution in [2.24, 2.45) is 5.73 Å². The van der Waals surface area contributed by atoms with Crippen LogP contribution in [0.3, 0.4) is 0 Å². The van der Waals surface area contributed by atoms with Crippen molar-refractivity contribution in [2.75, 3.05) is 0 Å². The predicted molar refractivity (Wildman–Crippen MR) is 66.5 cm³/mol. The Hall–Kier alpha value is -1.38. The molecule has 2 rings (SSSR count). The smallest absolute Gasteiger partial charge is 0.0569 e. The highest BCUT2D eigenvalue weighted by atomic mass is 35.5. The second-order valence-corrected chi connectivity index (χ2v) is 4.20. The lowest BCUT2D eigenvalue weighted by Crippen LogP contribution is -2.13. The summed E-state index contributed by atoms with van der Waals surface area (Å²) in [6.45, 7) is 2.01. The van der Waals surface area contributed by atoms with Gasteiger partial charge in [-0.25, -0.2) is 0 Å². The fraction of sp³-hybridized carbons (Fsp3) is 0.154. The van der Waals surface area contributed by atoms with Crippen LogP contribution in [-0.2, 0) is 0 Å². The standard InChI is InChI=1S/C13H13ClN2/c1-9-7-11(14)4-5-12(9)13(15)10-3-2-6-16-8-10/h2-8,13H,15H2,1H3. The highest BCUT2D eigenvalue weighted by Gasteiger charge is 2.11. The van der Waals surface area contributed by atoms with Crippen molar-refractivity contribution in [3.8, 4) is 0 Å². The van der Waals surface area contributed by atoms with Crippen LogP contribution in [-0.4, -0.2) is 4.98 Å². The first-order valence-corrected chi connectivity index (χ1v) is 5.48. The van der Waals surface area contributed by atoms with Gasteiger partial charge in [-0.3, -0.25) is 4.98 Å². The molecule has 1 aromatic heterocycles. The van der Waals surface area contributed by atoms with Gasteiger partial charge in [0.25, 0.3) is 0 Å². The molecule has 1 unspecified atom stereocenters. The second kappa shape index (κ2) is 4.64. The molecule has 2 aromatic rings. The van der Waals surface area contributed by atoms with Crippen LogP contribution in [0.1, 0.15) is 22.7 Å². The highest BCUT2D eigenvalue weighted by molar-refractivity contribution is 6.30. The maximum atomic E-state index is 6.18. The molecule has 0 radical (unpaired) electrons. The molecule has 0 saturated carbocycles. The van der Waals surface area contributed by atoms with Gasteiger partial charge in [-0.15, -0.1) is 0 Å². The number of aromatic nitrogens is 1. The quantitative estimate of drug-likeness (QED) is 0.864. The molecule has 0 spiro atoms. The Morgan fingerprint density at radius 3 is 2.75 bits per heavy atom. The molecule has 1 heterocycles. The molecule has 1 aromatic carbocycles. The summed E-state index contributed by atoms with van der Waals surface area (Å²) in [7, 11) is 0. The van der Waals surface area contributed by atoms with Gasteiger partial charge in [0.15, 0.2) is 0 Å². The van der Waals surface area contributed by atoms with E-state index >= 15 is 0 Å². The molecule has 0 amide bonds. The Morgan fingerprint density at radius 1 is 1.31 bits per heavy atom. The van der Waals surface area contributed by atoms with Gasteiger partial charge in [0.2, 0.25) is 0 Å². The van der Waals surface area contributed by atoms with E-state index in [4.69, 9.17) is 17.3 Å². The zero-order valence-corrected chi connectivity index (χ0v) is 9.78. The third-order valence-corrected chi connectivity index (χ3v) is 2.85. The Labute approximate surface area is 100 Å². The van der Waals surface area contributed by atoms with Crippen molar-refractivity contribution < 1.29 is 0 Å². The number of rotatable bonds is 2. The Morgan fingerprint density at radius 2 is 2.12 bits per heavy atom. The Balaban J connectivity index is 2.38. The summed E-state index contributed by atoms with van der Waals surface area (Å²) >= 11 is 5.91. The zero-order chi connectivity index (χ0) is 11.5. The van der Waals surface area contributed by atoms with E-state index in [1.807, 2.05) is 37.3 Å². The third kappa shape index (κ3) is 2.23. The van der Waals surface area contributed by atoms with Gasteiger partial charge in [0.05, 0.1) is 6.04 Å². The van der Waals surface area contributed by atoms with Crippen LogP contribution >= 0.6 is 11.6 Å². The largest absolute Gasteiger partial charge is 0.320 e. The number of nitrogens with two attached hydrogens (primary N) is 1.